The first-order valence-electron chi connectivity index (χ1n) is 7.73. The van der Waals surface area contributed by atoms with Crippen LogP contribution in [0.3, 0.4) is 0 Å². The average molecular weight is 284 g/mol. The Morgan fingerprint density at radius 3 is 2.05 bits per heavy atom. The molecule has 118 valence electrons. The van der Waals surface area contributed by atoms with Crippen LogP contribution in [-0.2, 0) is 4.74 Å². The molecule has 1 atom stereocenters. The standard InChI is InChI=1S/C16H32N2O2/c1-12(15(2,3)4)17-13-8-10-18(11-9-13)14(19)20-16(5,6)7/h12-13,17H,8-11H2,1-7H3. The van der Waals surface area contributed by atoms with E-state index in [2.05, 4.69) is 33.0 Å². The van der Waals surface area contributed by atoms with Gasteiger partial charge in [0, 0.05) is 25.2 Å². The van der Waals surface area contributed by atoms with Gasteiger partial charge in [-0.3, -0.25) is 0 Å². The number of nitrogens with one attached hydrogen (secondary N) is 1. The van der Waals surface area contributed by atoms with Crippen molar-refractivity contribution in [3.8, 4) is 0 Å². The first-order valence-corrected chi connectivity index (χ1v) is 7.73. The summed E-state index contributed by atoms with van der Waals surface area (Å²) in [7, 11) is 0. The smallest absolute Gasteiger partial charge is 0.410 e. The van der Waals surface area contributed by atoms with Crippen molar-refractivity contribution in [2.45, 2.75) is 79.0 Å². The third kappa shape index (κ3) is 5.70. The minimum absolute atomic E-state index is 0.181. The van der Waals surface area contributed by atoms with Crippen LogP contribution in [0.1, 0.15) is 61.3 Å². The highest BCUT2D eigenvalue weighted by atomic mass is 16.6. The third-order valence-corrected chi connectivity index (χ3v) is 3.93. The molecule has 4 heteroatoms. The van der Waals surface area contributed by atoms with Crippen LogP contribution in [-0.4, -0.2) is 41.8 Å². The molecular weight excluding hydrogens is 252 g/mol. The second-order valence-corrected chi connectivity index (χ2v) is 8.00. The molecule has 1 N–H and O–H groups in total. The summed E-state index contributed by atoms with van der Waals surface area (Å²) >= 11 is 0. The minimum atomic E-state index is -0.410. The maximum atomic E-state index is 12.0. The van der Waals surface area contributed by atoms with E-state index in [1.165, 1.54) is 0 Å². The molecule has 0 saturated carbocycles. The van der Waals surface area contributed by atoms with Crippen molar-refractivity contribution in [3.63, 3.8) is 0 Å². The van der Waals surface area contributed by atoms with Crippen LogP contribution in [0, 0.1) is 5.41 Å². The Morgan fingerprint density at radius 1 is 1.15 bits per heavy atom. The molecule has 1 fully saturated rings. The summed E-state index contributed by atoms with van der Waals surface area (Å²) in [5.41, 5.74) is -0.144. The molecule has 0 aromatic carbocycles. The van der Waals surface area contributed by atoms with Crippen LogP contribution in [0.5, 0.6) is 0 Å². The molecule has 1 heterocycles. The normalized spacial score (nSPS) is 19.9. The summed E-state index contributed by atoms with van der Waals surface area (Å²) in [4.78, 5) is 13.8. The minimum Gasteiger partial charge on any atom is -0.444 e. The zero-order valence-corrected chi connectivity index (χ0v) is 14.2. The third-order valence-electron chi connectivity index (χ3n) is 3.93. The molecule has 1 saturated heterocycles. The van der Waals surface area contributed by atoms with Gasteiger partial charge in [-0.15, -0.1) is 0 Å². The lowest BCUT2D eigenvalue weighted by atomic mass is 9.87. The Bertz CT molecular complexity index is 320. The summed E-state index contributed by atoms with van der Waals surface area (Å²) in [6, 6.07) is 0.975. The van der Waals surface area contributed by atoms with Gasteiger partial charge in [0.1, 0.15) is 5.60 Å². The number of hydrogen-bond donors (Lipinski definition) is 1. The van der Waals surface area contributed by atoms with E-state index in [4.69, 9.17) is 4.74 Å². The second kappa shape index (κ2) is 6.33. The number of amides is 1. The SMILES string of the molecule is CC(NC1CCN(C(=O)OC(C)(C)C)CC1)C(C)(C)C. The average Bonchev–Trinajstić information content (AvgIpc) is 2.26. The fourth-order valence-electron chi connectivity index (χ4n) is 2.16. The largest absolute Gasteiger partial charge is 0.444 e. The van der Waals surface area contributed by atoms with Crippen molar-refractivity contribution in [1.29, 1.82) is 0 Å². The van der Waals surface area contributed by atoms with Gasteiger partial charge in [-0.1, -0.05) is 20.8 Å². The van der Waals surface area contributed by atoms with Crippen molar-refractivity contribution in [3.05, 3.63) is 0 Å². The Labute approximate surface area is 124 Å². The van der Waals surface area contributed by atoms with Gasteiger partial charge >= 0.3 is 6.09 Å². The molecule has 0 aliphatic carbocycles. The zero-order chi connectivity index (χ0) is 15.6. The number of piperidine rings is 1. The van der Waals surface area contributed by atoms with Gasteiger partial charge in [0.2, 0.25) is 0 Å². The predicted molar refractivity (Wildman–Crippen MR) is 82.9 cm³/mol. The van der Waals surface area contributed by atoms with E-state index in [1.54, 1.807) is 0 Å². The lowest BCUT2D eigenvalue weighted by Crippen LogP contribution is -2.50. The molecule has 1 aliphatic heterocycles. The Kier molecular flexibility index (Phi) is 5.47. The van der Waals surface area contributed by atoms with Gasteiger partial charge < -0.3 is 15.0 Å². The van der Waals surface area contributed by atoms with Crippen molar-refractivity contribution >= 4 is 6.09 Å². The van der Waals surface area contributed by atoms with Crippen LogP contribution in [0.2, 0.25) is 0 Å². The van der Waals surface area contributed by atoms with E-state index in [1.807, 2.05) is 25.7 Å². The van der Waals surface area contributed by atoms with E-state index in [-0.39, 0.29) is 11.5 Å². The van der Waals surface area contributed by atoms with E-state index < -0.39 is 5.60 Å². The topological polar surface area (TPSA) is 41.6 Å². The number of likely N-dealkylation sites (tertiary alicyclic amines) is 1. The number of hydrogen-bond acceptors (Lipinski definition) is 3. The summed E-state index contributed by atoms with van der Waals surface area (Å²) in [6.45, 7) is 16.3. The maximum absolute atomic E-state index is 12.0. The van der Waals surface area contributed by atoms with Gasteiger partial charge in [-0.25, -0.2) is 4.79 Å². The highest BCUT2D eigenvalue weighted by Crippen LogP contribution is 2.21. The second-order valence-electron chi connectivity index (χ2n) is 8.00. The van der Waals surface area contributed by atoms with E-state index in [0.29, 0.717) is 12.1 Å². The molecule has 0 radical (unpaired) electrons. The summed E-state index contributed by atoms with van der Waals surface area (Å²) in [6.07, 6.45) is 1.82. The summed E-state index contributed by atoms with van der Waals surface area (Å²) in [5.74, 6) is 0. The molecule has 4 nitrogen and oxygen atoms in total. The summed E-state index contributed by atoms with van der Waals surface area (Å²) < 4.78 is 5.41. The number of carbonyl (C=O) groups is 1. The molecule has 0 aromatic heterocycles. The Hall–Kier alpha value is -0.770. The number of carbonyl (C=O) groups excluding carboxylic acids is 1. The number of nitrogens with zero attached hydrogens (tertiary/aromatic N) is 1. The van der Waals surface area contributed by atoms with Crippen molar-refractivity contribution in [2.75, 3.05) is 13.1 Å². The van der Waals surface area contributed by atoms with Gasteiger partial charge in [-0.05, 0) is 46.0 Å². The van der Waals surface area contributed by atoms with E-state index >= 15 is 0 Å². The maximum Gasteiger partial charge on any atom is 0.410 e. The van der Waals surface area contributed by atoms with Crippen LogP contribution in [0.25, 0.3) is 0 Å². The van der Waals surface area contributed by atoms with Crippen LogP contribution in [0.4, 0.5) is 4.79 Å². The molecule has 1 amide bonds. The highest BCUT2D eigenvalue weighted by Gasteiger charge is 2.29. The Balaban J connectivity index is 2.39. The molecule has 20 heavy (non-hydrogen) atoms. The fraction of sp³-hybridized carbons (Fsp3) is 0.938. The molecule has 0 bridgehead atoms. The van der Waals surface area contributed by atoms with Crippen molar-refractivity contribution in [1.82, 2.24) is 10.2 Å². The quantitative estimate of drug-likeness (QED) is 0.845. The molecule has 0 spiro atoms. The van der Waals surface area contributed by atoms with Crippen molar-refractivity contribution < 1.29 is 9.53 Å². The zero-order valence-electron chi connectivity index (χ0n) is 14.2. The van der Waals surface area contributed by atoms with Gasteiger partial charge in [-0.2, -0.15) is 0 Å². The van der Waals surface area contributed by atoms with Gasteiger partial charge in [0.05, 0.1) is 0 Å². The molecule has 0 aromatic rings. The highest BCUT2D eigenvalue weighted by molar-refractivity contribution is 5.68. The lowest BCUT2D eigenvalue weighted by molar-refractivity contribution is 0.0192. The van der Waals surface area contributed by atoms with Crippen LogP contribution in [0.15, 0.2) is 0 Å². The fourth-order valence-corrected chi connectivity index (χ4v) is 2.16. The van der Waals surface area contributed by atoms with Crippen molar-refractivity contribution in [2.24, 2.45) is 5.41 Å². The number of ether oxygens (including phenoxy) is 1. The molecular formula is C16H32N2O2. The Morgan fingerprint density at radius 2 is 1.65 bits per heavy atom. The van der Waals surface area contributed by atoms with Crippen LogP contribution >= 0.6 is 0 Å². The van der Waals surface area contributed by atoms with E-state index in [9.17, 15) is 4.79 Å². The molecule has 1 aliphatic rings. The molecule has 1 unspecified atom stereocenters. The number of rotatable bonds is 2. The van der Waals surface area contributed by atoms with Gasteiger partial charge in [0.15, 0.2) is 0 Å². The summed E-state index contributed by atoms with van der Waals surface area (Å²) in [5, 5.41) is 3.69. The monoisotopic (exact) mass is 284 g/mol. The van der Waals surface area contributed by atoms with Crippen LogP contribution < -0.4 is 5.32 Å². The lowest BCUT2D eigenvalue weighted by Gasteiger charge is -2.37. The first kappa shape index (κ1) is 17.3. The first-order chi connectivity index (χ1) is 8.99. The predicted octanol–water partition coefficient (Wildman–Crippen LogP) is 3.41. The van der Waals surface area contributed by atoms with Gasteiger partial charge in [0.25, 0.3) is 0 Å². The van der Waals surface area contributed by atoms with E-state index in [0.717, 1.165) is 25.9 Å². The molecule has 1 rings (SSSR count).